The number of ether oxygens (including phenoxy) is 1. The van der Waals surface area contributed by atoms with Gasteiger partial charge in [-0.1, -0.05) is 6.92 Å². The van der Waals surface area contributed by atoms with Crippen molar-refractivity contribution in [2.24, 2.45) is 5.92 Å². The number of carboxylic acids is 1. The van der Waals surface area contributed by atoms with Crippen molar-refractivity contribution in [3.63, 3.8) is 0 Å². The zero-order valence-electron chi connectivity index (χ0n) is 10.7. The van der Waals surface area contributed by atoms with Gasteiger partial charge in [0.05, 0.1) is 6.10 Å². The van der Waals surface area contributed by atoms with Crippen LogP contribution in [0.4, 0.5) is 5.69 Å². The van der Waals surface area contributed by atoms with Gasteiger partial charge in [0.25, 0.3) is 0 Å². The first-order valence-electron chi connectivity index (χ1n) is 6.09. The van der Waals surface area contributed by atoms with Crippen LogP contribution in [-0.2, 0) is 4.74 Å². The number of pyridine rings is 1. The van der Waals surface area contributed by atoms with Gasteiger partial charge in [-0.25, -0.2) is 9.78 Å². The molecule has 18 heavy (non-hydrogen) atoms. The zero-order chi connectivity index (χ0) is 13.1. The summed E-state index contributed by atoms with van der Waals surface area (Å²) in [6.07, 6.45) is 2.78. The standard InChI is InChI=1S/C13H18N2O3/c1-9-4-6-15(8-12(9)18-2)10-3-5-14-11(7-10)13(16)17/h3,5,7,9,12H,4,6,8H2,1-2H3,(H,16,17). The van der Waals surface area contributed by atoms with Gasteiger partial charge in [-0.15, -0.1) is 0 Å². The number of aromatic nitrogens is 1. The average molecular weight is 250 g/mol. The summed E-state index contributed by atoms with van der Waals surface area (Å²) in [4.78, 5) is 16.9. The monoisotopic (exact) mass is 250 g/mol. The minimum atomic E-state index is -0.995. The van der Waals surface area contributed by atoms with Gasteiger partial charge < -0.3 is 14.7 Å². The van der Waals surface area contributed by atoms with E-state index in [0.717, 1.165) is 25.2 Å². The van der Waals surface area contributed by atoms with Crippen molar-refractivity contribution in [1.82, 2.24) is 4.98 Å². The second kappa shape index (κ2) is 5.35. The first kappa shape index (κ1) is 12.8. The fourth-order valence-corrected chi connectivity index (χ4v) is 2.31. The molecule has 1 aliphatic rings. The summed E-state index contributed by atoms with van der Waals surface area (Å²) in [7, 11) is 1.72. The van der Waals surface area contributed by atoms with E-state index in [-0.39, 0.29) is 11.8 Å². The minimum absolute atomic E-state index is 0.0834. The van der Waals surface area contributed by atoms with E-state index >= 15 is 0 Å². The quantitative estimate of drug-likeness (QED) is 0.883. The second-order valence-electron chi connectivity index (χ2n) is 4.69. The molecule has 2 unspecified atom stereocenters. The lowest BCUT2D eigenvalue weighted by molar-refractivity contribution is 0.0498. The summed E-state index contributed by atoms with van der Waals surface area (Å²) in [5, 5.41) is 8.94. The van der Waals surface area contributed by atoms with Crippen LogP contribution in [0, 0.1) is 5.92 Å². The lowest BCUT2D eigenvalue weighted by Crippen LogP contribution is -2.44. The van der Waals surface area contributed by atoms with E-state index in [2.05, 4.69) is 16.8 Å². The van der Waals surface area contributed by atoms with E-state index in [1.54, 1.807) is 19.4 Å². The Morgan fingerprint density at radius 3 is 3.06 bits per heavy atom. The zero-order valence-corrected chi connectivity index (χ0v) is 10.7. The van der Waals surface area contributed by atoms with Crippen LogP contribution >= 0.6 is 0 Å². The van der Waals surface area contributed by atoms with Gasteiger partial charge in [0.1, 0.15) is 5.69 Å². The summed E-state index contributed by atoms with van der Waals surface area (Å²) < 4.78 is 5.46. The van der Waals surface area contributed by atoms with Crippen molar-refractivity contribution >= 4 is 11.7 Å². The van der Waals surface area contributed by atoms with Crippen LogP contribution in [0.3, 0.4) is 0 Å². The van der Waals surface area contributed by atoms with Crippen molar-refractivity contribution in [3.05, 3.63) is 24.0 Å². The van der Waals surface area contributed by atoms with Gasteiger partial charge in [-0.3, -0.25) is 0 Å². The Kier molecular flexibility index (Phi) is 3.81. The van der Waals surface area contributed by atoms with Crippen molar-refractivity contribution in [3.8, 4) is 0 Å². The molecule has 1 fully saturated rings. The second-order valence-corrected chi connectivity index (χ2v) is 4.69. The molecule has 5 nitrogen and oxygen atoms in total. The first-order valence-corrected chi connectivity index (χ1v) is 6.09. The summed E-state index contributed by atoms with van der Waals surface area (Å²) in [5.41, 5.74) is 0.983. The number of carbonyl (C=O) groups is 1. The SMILES string of the molecule is COC1CN(c2ccnc(C(=O)O)c2)CCC1C. The molecule has 0 spiro atoms. The van der Waals surface area contributed by atoms with Crippen LogP contribution in [0.5, 0.6) is 0 Å². The Hall–Kier alpha value is -1.62. The van der Waals surface area contributed by atoms with E-state index in [9.17, 15) is 4.79 Å². The summed E-state index contributed by atoms with van der Waals surface area (Å²) in [6, 6.07) is 3.46. The van der Waals surface area contributed by atoms with Crippen molar-refractivity contribution in [2.45, 2.75) is 19.4 Å². The van der Waals surface area contributed by atoms with E-state index in [1.165, 1.54) is 0 Å². The number of piperidine rings is 1. The molecule has 98 valence electrons. The highest BCUT2D eigenvalue weighted by Crippen LogP contribution is 2.24. The van der Waals surface area contributed by atoms with E-state index in [0.29, 0.717) is 5.92 Å². The molecule has 0 aliphatic carbocycles. The molecule has 0 saturated carbocycles. The molecular weight excluding hydrogens is 232 g/mol. The number of methoxy groups -OCH3 is 1. The van der Waals surface area contributed by atoms with Crippen LogP contribution < -0.4 is 4.90 Å². The van der Waals surface area contributed by atoms with E-state index in [4.69, 9.17) is 9.84 Å². The maximum atomic E-state index is 10.9. The molecule has 1 saturated heterocycles. The number of carboxylic acid groups (broad SMARTS) is 1. The Bertz CT molecular complexity index is 436. The van der Waals surface area contributed by atoms with E-state index in [1.807, 2.05) is 6.07 Å². The molecule has 0 radical (unpaired) electrons. The van der Waals surface area contributed by atoms with Crippen LogP contribution in [0.2, 0.25) is 0 Å². The normalized spacial score (nSPS) is 24.0. The van der Waals surface area contributed by atoms with Gasteiger partial charge in [-0.2, -0.15) is 0 Å². The summed E-state index contributed by atoms with van der Waals surface area (Å²) in [5.74, 6) is -0.461. The van der Waals surface area contributed by atoms with Crippen LogP contribution in [0.15, 0.2) is 18.3 Å². The number of anilines is 1. The number of nitrogens with zero attached hydrogens (tertiary/aromatic N) is 2. The third-order valence-corrected chi connectivity index (χ3v) is 3.52. The number of aromatic carboxylic acids is 1. The molecule has 2 atom stereocenters. The molecule has 0 aromatic carbocycles. The molecule has 1 aliphatic heterocycles. The first-order chi connectivity index (χ1) is 8.61. The minimum Gasteiger partial charge on any atom is -0.477 e. The molecule has 5 heteroatoms. The third kappa shape index (κ3) is 2.61. The predicted octanol–water partition coefficient (Wildman–Crippen LogP) is 1.64. The molecule has 1 aromatic heterocycles. The highest BCUT2D eigenvalue weighted by atomic mass is 16.5. The van der Waals surface area contributed by atoms with Gasteiger partial charge in [-0.05, 0) is 24.5 Å². The summed E-state index contributed by atoms with van der Waals surface area (Å²) in [6.45, 7) is 3.89. The lowest BCUT2D eigenvalue weighted by Gasteiger charge is -2.37. The highest BCUT2D eigenvalue weighted by Gasteiger charge is 2.26. The fraction of sp³-hybridized carbons (Fsp3) is 0.538. The highest BCUT2D eigenvalue weighted by molar-refractivity contribution is 5.86. The van der Waals surface area contributed by atoms with Gasteiger partial charge >= 0.3 is 5.97 Å². The number of hydrogen-bond acceptors (Lipinski definition) is 4. The number of rotatable bonds is 3. The molecule has 1 aromatic rings. The molecule has 2 rings (SSSR count). The predicted molar refractivity (Wildman–Crippen MR) is 68.0 cm³/mol. The van der Waals surface area contributed by atoms with Crippen molar-refractivity contribution in [1.29, 1.82) is 0 Å². The molecular formula is C13H18N2O3. The van der Waals surface area contributed by atoms with Crippen molar-refractivity contribution in [2.75, 3.05) is 25.1 Å². The van der Waals surface area contributed by atoms with Gasteiger partial charge in [0.15, 0.2) is 0 Å². The maximum Gasteiger partial charge on any atom is 0.354 e. The lowest BCUT2D eigenvalue weighted by atomic mass is 9.95. The Labute approximate surface area is 106 Å². The van der Waals surface area contributed by atoms with Crippen LogP contribution in [-0.4, -0.2) is 42.4 Å². The van der Waals surface area contributed by atoms with Gasteiger partial charge in [0, 0.05) is 32.1 Å². The number of hydrogen-bond donors (Lipinski definition) is 1. The largest absolute Gasteiger partial charge is 0.477 e. The van der Waals surface area contributed by atoms with Gasteiger partial charge in [0.2, 0.25) is 0 Å². The molecule has 2 heterocycles. The molecule has 0 bridgehead atoms. The third-order valence-electron chi connectivity index (χ3n) is 3.52. The van der Waals surface area contributed by atoms with E-state index < -0.39 is 5.97 Å². The molecule has 0 amide bonds. The maximum absolute atomic E-state index is 10.9. The average Bonchev–Trinajstić information content (AvgIpc) is 2.39. The Balaban J connectivity index is 2.16. The molecule has 1 N–H and O–H groups in total. The van der Waals surface area contributed by atoms with Crippen LogP contribution in [0.25, 0.3) is 0 Å². The fourth-order valence-electron chi connectivity index (χ4n) is 2.31. The Morgan fingerprint density at radius 2 is 2.39 bits per heavy atom. The smallest absolute Gasteiger partial charge is 0.354 e. The Morgan fingerprint density at radius 1 is 1.61 bits per heavy atom. The topological polar surface area (TPSA) is 62.7 Å². The summed E-state index contributed by atoms with van der Waals surface area (Å²) >= 11 is 0. The van der Waals surface area contributed by atoms with Crippen LogP contribution in [0.1, 0.15) is 23.8 Å². The van der Waals surface area contributed by atoms with Crippen molar-refractivity contribution < 1.29 is 14.6 Å².